The monoisotopic (exact) mass is 420 g/mol. The summed E-state index contributed by atoms with van der Waals surface area (Å²) in [5.74, 6) is -1.11. The molecule has 0 radical (unpaired) electrons. The van der Waals surface area contributed by atoms with Crippen molar-refractivity contribution >= 4 is 23.5 Å². The minimum atomic E-state index is -0.945. The van der Waals surface area contributed by atoms with Crippen LogP contribution in [0.15, 0.2) is 54.6 Å². The lowest BCUT2D eigenvalue weighted by Crippen LogP contribution is -2.30. The maximum Gasteiger partial charge on any atom is 0.337 e. The van der Waals surface area contributed by atoms with Crippen LogP contribution in [0, 0.1) is 5.92 Å². The average Bonchev–Trinajstić information content (AvgIpc) is 3.28. The number of anilines is 1. The second-order valence-corrected chi connectivity index (χ2v) is 7.79. The number of carboxylic acids is 1. The van der Waals surface area contributed by atoms with Gasteiger partial charge >= 0.3 is 11.9 Å². The molecule has 2 aromatic carbocycles. The number of carbonyl (C=O) groups is 3. The largest absolute Gasteiger partial charge is 0.481 e. The van der Waals surface area contributed by atoms with Crippen LogP contribution in [-0.2, 0) is 9.53 Å². The Hall–Kier alpha value is -3.61. The van der Waals surface area contributed by atoms with Crippen molar-refractivity contribution in [2.24, 2.45) is 5.92 Å². The van der Waals surface area contributed by atoms with Gasteiger partial charge < -0.3 is 20.5 Å². The first kappa shape index (κ1) is 20.7. The zero-order valence-electron chi connectivity index (χ0n) is 17.1. The van der Waals surface area contributed by atoms with Crippen LogP contribution in [0.25, 0.3) is 0 Å². The van der Waals surface area contributed by atoms with Crippen LogP contribution in [0.1, 0.15) is 56.6 Å². The molecule has 3 N–H and O–H groups in total. The molecular formula is C24H24N2O5. The number of hydrogen-bond acceptors (Lipinski definition) is 5. The van der Waals surface area contributed by atoms with Gasteiger partial charge in [-0.05, 0) is 53.8 Å². The number of aliphatic carboxylic acids is 1. The van der Waals surface area contributed by atoms with Gasteiger partial charge in [0.15, 0.2) is 0 Å². The summed E-state index contributed by atoms with van der Waals surface area (Å²) in [5.41, 5.74) is 4.16. The molecule has 7 heteroatoms. The van der Waals surface area contributed by atoms with E-state index in [0.29, 0.717) is 17.0 Å². The summed E-state index contributed by atoms with van der Waals surface area (Å²) in [6.45, 7) is 0.0963. The zero-order valence-corrected chi connectivity index (χ0v) is 17.1. The normalized spacial score (nSPS) is 20.9. The van der Waals surface area contributed by atoms with Crippen LogP contribution in [0.3, 0.4) is 0 Å². The maximum absolute atomic E-state index is 12.4. The molecule has 31 heavy (non-hydrogen) atoms. The molecule has 4 rings (SSSR count). The average molecular weight is 420 g/mol. The van der Waals surface area contributed by atoms with E-state index in [9.17, 15) is 14.4 Å². The van der Waals surface area contributed by atoms with Gasteiger partial charge in [-0.2, -0.15) is 0 Å². The first-order valence-electron chi connectivity index (χ1n) is 10.2. The Balaban J connectivity index is 1.57. The Morgan fingerprint density at radius 2 is 1.87 bits per heavy atom. The molecule has 2 aromatic rings. The molecule has 1 aliphatic heterocycles. The Morgan fingerprint density at radius 1 is 1.13 bits per heavy atom. The second-order valence-electron chi connectivity index (χ2n) is 7.79. The van der Waals surface area contributed by atoms with Crippen molar-refractivity contribution in [1.29, 1.82) is 0 Å². The number of rotatable bonds is 6. The Labute approximate surface area is 180 Å². The summed E-state index contributed by atoms with van der Waals surface area (Å²) in [7, 11) is 1.37. The van der Waals surface area contributed by atoms with Gasteiger partial charge in [-0.15, -0.1) is 0 Å². The molecule has 3 unspecified atom stereocenters. The molecule has 1 amide bonds. The Bertz CT molecular complexity index is 1040. The van der Waals surface area contributed by atoms with Crippen LogP contribution in [0.2, 0.25) is 0 Å². The highest BCUT2D eigenvalue weighted by Crippen LogP contribution is 2.49. The number of hydrogen-bond donors (Lipinski definition) is 3. The summed E-state index contributed by atoms with van der Waals surface area (Å²) in [6, 6.07) is 13.1. The summed E-state index contributed by atoms with van der Waals surface area (Å²) in [4.78, 5) is 34.8. The molecule has 0 saturated heterocycles. The van der Waals surface area contributed by atoms with Gasteiger partial charge in [-0.25, -0.2) is 4.79 Å². The van der Waals surface area contributed by atoms with E-state index in [4.69, 9.17) is 9.84 Å². The van der Waals surface area contributed by atoms with Crippen molar-refractivity contribution in [1.82, 2.24) is 5.32 Å². The van der Waals surface area contributed by atoms with E-state index in [1.165, 1.54) is 7.11 Å². The summed E-state index contributed by atoms with van der Waals surface area (Å²) in [6.07, 6.45) is 5.16. The highest BCUT2D eigenvalue weighted by Gasteiger charge is 2.38. The van der Waals surface area contributed by atoms with Crippen molar-refractivity contribution in [3.8, 4) is 0 Å². The molecular weight excluding hydrogens is 396 g/mol. The lowest BCUT2D eigenvalue weighted by atomic mass is 9.76. The van der Waals surface area contributed by atoms with Crippen LogP contribution in [-0.4, -0.2) is 36.6 Å². The Kier molecular flexibility index (Phi) is 5.75. The van der Waals surface area contributed by atoms with E-state index in [2.05, 4.69) is 22.8 Å². The lowest BCUT2D eigenvalue weighted by molar-refractivity contribution is -0.136. The minimum Gasteiger partial charge on any atom is -0.481 e. The van der Waals surface area contributed by atoms with Gasteiger partial charge in [0, 0.05) is 23.7 Å². The Morgan fingerprint density at radius 3 is 2.58 bits per heavy atom. The van der Waals surface area contributed by atoms with Gasteiger partial charge in [0.1, 0.15) is 0 Å². The minimum absolute atomic E-state index is 0.0782. The van der Waals surface area contributed by atoms with E-state index in [0.717, 1.165) is 23.2 Å². The first-order valence-corrected chi connectivity index (χ1v) is 10.2. The summed E-state index contributed by atoms with van der Waals surface area (Å²) < 4.78 is 4.78. The quantitative estimate of drug-likeness (QED) is 0.488. The molecule has 2 aliphatic rings. The fourth-order valence-corrected chi connectivity index (χ4v) is 4.40. The topological polar surface area (TPSA) is 105 Å². The number of ether oxygens (including phenoxy) is 1. The molecule has 1 aliphatic carbocycles. The SMILES string of the molecule is COC(=O)c1ccc(C2Nc3ccc(C(=O)NCCC(=O)O)cc3C3C=CCC32)cc1. The van der Waals surface area contributed by atoms with Gasteiger partial charge in [0.25, 0.3) is 5.91 Å². The van der Waals surface area contributed by atoms with Crippen molar-refractivity contribution in [3.63, 3.8) is 0 Å². The number of allylic oxidation sites excluding steroid dienone is 2. The predicted molar refractivity (Wildman–Crippen MR) is 115 cm³/mol. The van der Waals surface area contributed by atoms with Crippen LogP contribution in [0.5, 0.6) is 0 Å². The predicted octanol–water partition coefficient (Wildman–Crippen LogP) is 3.50. The third kappa shape index (κ3) is 4.17. The highest BCUT2D eigenvalue weighted by atomic mass is 16.5. The molecule has 0 aromatic heterocycles. The van der Waals surface area contributed by atoms with Crippen LogP contribution in [0.4, 0.5) is 5.69 Å². The van der Waals surface area contributed by atoms with Gasteiger partial charge in [-0.3, -0.25) is 9.59 Å². The first-order chi connectivity index (χ1) is 15.0. The van der Waals surface area contributed by atoms with E-state index in [1.54, 1.807) is 18.2 Å². The van der Waals surface area contributed by atoms with Gasteiger partial charge in [0.05, 0.1) is 25.1 Å². The molecule has 0 fully saturated rings. The van der Waals surface area contributed by atoms with Crippen molar-refractivity contribution in [2.45, 2.75) is 24.8 Å². The molecule has 3 atom stereocenters. The van der Waals surface area contributed by atoms with E-state index in [1.807, 2.05) is 24.3 Å². The molecule has 0 bridgehead atoms. The number of amides is 1. The number of carbonyl (C=O) groups excluding carboxylic acids is 2. The number of esters is 1. The highest BCUT2D eigenvalue weighted by molar-refractivity contribution is 5.95. The number of nitrogens with one attached hydrogen (secondary N) is 2. The van der Waals surface area contributed by atoms with Crippen LogP contribution >= 0.6 is 0 Å². The van der Waals surface area contributed by atoms with Crippen LogP contribution < -0.4 is 10.6 Å². The molecule has 160 valence electrons. The standard InChI is InChI=1S/C24H24N2O5/c1-31-24(30)15-7-5-14(6-8-15)22-18-4-2-3-17(18)19-13-16(9-10-20(19)26-22)23(29)25-12-11-21(27)28/h2-3,5-10,13,17-18,22,26H,4,11-12H2,1H3,(H,25,29)(H,27,28). The third-order valence-electron chi connectivity index (χ3n) is 5.94. The number of fused-ring (bicyclic) bond motifs is 3. The fourth-order valence-electron chi connectivity index (χ4n) is 4.40. The van der Waals surface area contributed by atoms with E-state index < -0.39 is 5.97 Å². The third-order valence-corrected chi connectivity index (χ3v) is 5.94. The fraction of sp³-hybridized carbons (Fsp3) is 0.292. The number of carboxylic acid groups (broad SMARTS) is 1. The van der Waals surface area contributed by atoms with E-state index in [-0.39, 0.29) is 36.8 Å². The number of methoxy groups -OCH3 is 1. The zero-order chi connectivity index (χ0) is 22.0. The van der Waals surface area contributed by atoms with Gasteiger partial charge in [-0.1, -0.05) is 24.3 Å². The van der Waals surface area contributed by atoms with Crippen molar-refractivity contribution in [3.05, 3.63) is 76.9 Å². The second kappa shape index (κ2) is 8.63. The summed E-state index contributed by atoms with van der Waals surface area (Å²) in [5, 5.41) is 15.0. The number of benzene rings is 2. The lowest BCUT2D eigenvalue weighted by Gasteiger charge is -2.37. The van der Waals surface area contributed by atoms with Gasteiger partial charge in [0.2, 0.25) is 0 Å². The van der Waals surface area contributed by atoms with Crippen molar-refractivity contribution in [2.75, 3.05) is 19.0 Å². The van der Waals surface area contributed by atoms with Crippen molar-refractivity contribution < 1.29 is 24.2 Å². The summed E-state index contributed by atoms with van der Waals surface area (Å²) >= 11 is 0. The maximum atomic E-state index is 12.4. The smallest absolute Gasteiger partial charge is 0.337 e. The molecule has 0 saturated carbocycles. The molecule has 1 heterocycles. The molecule has 7 nitrogen and oxygen atoms in total. The van der Waals surface area contributed by atoms with E-state index >= 15 is 0 Å². The molecule has 0 spiro atoms.